The minimum Gasteiger partial charge on any atom is -0.396 e. The molecule has 0 spiro atoms. The second-order valence-electron chi connectivity index (χ2n) is 6.44. The summed E-state index contributed by atoms with van der Waals surface area (Å²) >= 11 is 0. The molecular weight excluding hydrogens is 298 g/mol. The van der Waals surface area contributed by atoms with Crippen LogP contribution in [-0.2, 0) is 13.6 Å². The number of ether oxygens (including phenoxy) is 1. The van der Waals surface area contributed by atoms with Gasteiger partial charge in [0.1, 0.15) is 5.22 Å². The lowest BCUT2D eigenvalue weighted by molar-refractivity contribution is -0.0766. The standard InChI is InChI=1S/C15H35N3O3Si/c1-5-14(18)8-6-10-22(20-3,21-4)15(14,19-2)11-13(12-17)7-9-16/h13H,5-12,16-18H2,1-4H3. The van der Waals surface area contributed by atoms with Crippen molar-refractivity contribution in [2.45, 2.75) is 55.8 Å². The van der Waals surface area contributed by atoms with Gasteiger partial charge in [0, 0.05) is 26.9 Å². The molecule has 0 aromatic rings. The van der Waals surface area contributed by atoms with Gasteiger partial charge in [-0.3, -0.25) is 0 Å². The molecule has 6 nitrogen and oxygen atoms in total. The minimum absolute atomic E-state index is 0.259. The van der Waals surface area contributed by atoms with Crippen LogP contribution in [0, 0.1) is 5.92 Å². The lowest BCUT2D eigenvalue weighted by Gasteiger charge is -2.58. The SMILES string of the molecule is CCC1(N)CCC[Si](OC)(OC)C1(CC(CN)CCN)OC. The quantitative estimate of drug-likeness (QED) is 0.540. The maximum atomic E-state index is 6.85. The van der Waals surface area contributed by atoms with Crippen LogP contribution in [0.2, 0.25) is 6.04 Å². The molecule has 0 aliphatic carbocycles. The molecule has 1 rings (SSSR count). The Morgan fingerprint density at radius 2 is 1.82 bits per heavy atom. The van der Waals surface area contributed by atoms with E-state index in [1.54, 1.807) is 21.3 Å². The summed E-state index contributed by atoms with van der Waals surface area (Å²) in [6.07, 6.45) is 4.35. The fourth-order valence-electron chi connectivity index (χ4n) is 4.25. The van der Waals surface area contributed by atoms with E-state index >= 15 is 0 Å². The first-order valence-electron chi connectivity index (χ1n) is 8.29. The molecule has 1 heterocycles. The van der Waals surface area contributed by atoms with Crippen molar-refractivity contribution >= 4 is 8.56 Å². The summed E-state index contributed by atoms with van der Waals surface area (Å²) in [5, 5.41) is -0.601. The molecule has 3 atom stereocenters. The highest BCUT2D eigenvalue weighted by Gasteiger charge is 2.68. The third-order valence-corrected chi connectivity index (χ3v) is 10.1. The van der Waals surface area contributed by atoms with E-state index in [0.29, 0.717) is 13.1 Å². The van der Waals surface area contributed by atoms with Crippen molar-refractivity contribution in [2.24, 2.45) is 23.1 Å². The Hall–Kier alpha value is -0.0231. The van der Waals surface area contributed by atoms with Crippen molar-refractivity contribution in [1.82, 2.24) is 0 Å². The van der Waals surface area contributed by atoms with Crippen LogP contribution in [0.1, 0.15) is 39.0 Å². The Labute approximate surface area is 136 Å². The van der Waals surface area contributed by atoms with Crippen LogP contribution in [0.25, 0.3) is 0 Å². The third kappa shape index (κ3) is 3.13. The van der Waals surface area contributed by atoms with E-state index < -0.39 is 19.3 Å². The molecule has 0 aromatic carbocycles. The van der Waals surface area contributed by atoms with Crippen molar-refractivity contribution < 1.29 is 13.6 Å². The lowest BCUT2D eigenvalue weighted by atomic mass is 9.79. The first-order valence-corrected chi connectivity index (χ1v) is 10.3. The van der Waals surface area contributed by atoms with Gasteiger partial charge >= 0.3 is 8.56 Å². The Balaban J connectivity index is 3.33. The molecule has 1 aliphatic rings. The first-order chi connectivity index (χ1) is 10.4. The van der Waals surface area contributed by atoms with Gasteiger partial charge in [0.15, 0.2) is 0 Å². The largest absolute Gasteiger partial charge is 0.396 e. The average Bonchev–Trinajstić information content (AvgIpc) is 2.55. The van der Waals surface area contributed by atoms with Gasteiger partial charge in [-0.1, -0.05) is 6.92 Å². The molecular formula is C15H35N3O3Si. The van der Waals surface area contributed by atoms with Gasteiger partial charge in [-0.05, 0) is 57.2 Å². The summed E-state index contributed by atoms with van der Waals surface area (Å²) < 4.78 is 18.1. The van der Waals surface area contributed by atoms with Crippen molar-refractivity contribution in [3.05, 3.63) is 0 Å². The normalized spacial score (nSPS) is 32.9. The lowest BCUT2D eigenvalue weighted by Crippen LogP contribution is -2.79. The fraction of sp³-hybridized carbons (Fsp3) is 1.00. The van der Waals surface area contributed by atoms with E-state index in [1.807, 2.05) is 0 Å². The number of methoxy groups -OCH3 is 1. The number of hydrogen-bond acceptors (Lipinski definition) is 6. The van der Waals surface area contributed by atoms with Crippen molar-refractivity contribution in [2.75, 3.05) is 34.4 Å². The molecule has 0 aromatic heterocycles. The number of hydrogen-bond donors (Lipinski definition) is 3. The molecule has 132 valence electrons. The molecule has 0 radical (unpaired) electrons. The summed E-state index contributed by atoms with van der Waals surface area (Å²) in [4.78, 5) is 0. The predicted molar refractivity (Wildman–Crippen MR) is 91.6 cm³/mol. The zero-order valence-electron chi connectivity index (χ0n) is 14.7. The van der Waals surface area contributed by atoms with E-state index in [4.69, 9.17) is 30.8 Å². The van der Waals surface area contributed by atoms with Gasteiger partial charge in [-0.2, -0.15) is 0 Å². The Kier molecular flexibility index (Phi) is 7.45. The molecule has 1 saturated heterocycles. The van der Waals surface area contributed by atoms with E-state index in [-0.39, 0.29) is 5.92 Å². The smallest absolute Gasteiger partial charge is 0.372 e. The van der Waals surface area contributed by atoms with Gasteiger partial charge in [0.25, 0.3) is 0 Å². The first kappa shape index (κ1) is 20.0. The van der Waals surface area contributed by atoms with Crippen LogP contribution in [0.4, 0.5) is 0 Å². The molecule has 6 N–H and O–H groups in total. The molecule has 1 aliphatic heterocycles. The Morgan fingerprint density at radius 3 is 2.23 bits per heavy atom. The summed E-state index contributed by atoms with van der Waals surface area (Å²) in [6, 6.07) is 0.896. The van der Waals surface area contributed by atoms with E-state index in [1.165, 1.54) is 0 Å². The molecule has 1 fully saturated rings. The molecule has 0 saturated carbocycles. The van der Waals surface area contributed by atoms with E-state index in [0.717, 1.165) is 38.1 Å². The van der Waals surface area contributed by atoms with Gasteiger partial charge < -0.3 is 30.8 Å². The van der Waals surface area contributed by atoms with E-state index in [9.17, 15) is 0 Å². The fourth-order valence-corrected chi connectivity index (χ4v) is 8.50. The maximum absolute atomic E-state index is 6.85. The minimum atomic E-state index is -2.62. The maximum Gasteiger partial charge on any atom is 0.372 e. The number of nitrogens with two attached hydrogens (primary N) is 3. The van der Waals surface area contributed by atoms with Gasteiger partial charge in [-0.25, -0.2) is 0 Å². The molecule has 3 unspecified atom stereocenters. The van der Waals surface area contributed by atoms with Crippen LogP contribution in [-0.4, -0.2) is 53.7 Å². The van der Waals surface area contributed by atoms with Crippen LogP contribution < -0.4 is 17.2 Å². The molecule has 7 heteroatoms. The van der Waals surface area contributed by atoms with Crippen LogP contribution in [0.3, 0.4) is 0 Å². The van der Waals surface area contributed by atoms with Crippen molar-refractivity contribution in [3.8, 4) is 0 Å². The summed E-state index contributed by atoms with van der Waals surface area (Å²) in [5.41, 5.74) is 18.1. The monoisotopic (exact) mass is 333 g/mol. The predicted octanol–water partition coefficient (Wildman–Crippen LogP) is 0.861. The highest BCUT2D eigenvalue weighted by molar-refractivity contribution is 6.71. The van der Waals surface area contributed by atoms with Crippen molar-refractivity contribution in [1.29, 1.82) is 0 Å². The molecule has 22 heavy (non-hydrogen) atoms. The van der Waals surface area contributed by atoms with Gasteiger partial charge in [0.2, 0.25) is 0 Å². The molecule has 0 bridgehead atoms. The zero-order chi connectivity index (χ0) is 16.9. The van der Waals surface area contributed by atoms with E-state index in [2.05, 4.69) is 6.92 Å². The highest BCUT2D eigenvalue weighted by Crippen LogP contribution is 2.49. The van der Waals surface area contributed by atoms with Gasteiger partial charge in [0.05, 0.1) is 0 Å². The number of rotatable bonds is 9. The van der Waals surface area contributed by atoms with Crippen LogP contribution in [0.15, 0.2) is 0 Å². The highest BCUT2D eigenvalue weighted by atomic mass is 28.4. The average molecular weight is 334 g/mol. The summed E-state index contributed by atoms with van der Waals surface area (Å²) in [5.74, 6) is 0.259. The Bertz CT molecular complexity index is 344. The summed E-state index contributed by atoms with van der Waals surface area (Å²) in [6.45, 7) is 3.30. The summed E-state index contributed by atoms with van der Waals surface area (Å²) in [7, 11) is 2.57. The van der Waals surface area contributed by atoms with Gasteiger partial charge in [-0.15, -0.1) is 0 Å². The zero-order valence-corrected chi connectivity index (χ0v) is 15.7. The second kappa shape index (κ2) is 8.19. The topological polar surface area (TPSA) is 106 Å². The van der Waals surface area contributed by atoms with Crippen LogP contribution >= 0.6 is 0 Å². The van der Waals surface area contributed by atoms with Crippen LogP contribution in [0.5, 0.6) is 0 Å². The van der Waals surface area contributed by atoms with Crippen molar-refractivity contribution in [3.63, 3.8) is 0 Å². The second-order valence-corrected chi connectivity index (χ2v) is 10.1. The molecule has 0 amide bonds. The third-order valence-electron chi connectivity index (χ3n) is 5.67. The Morgan fingerprint density at radius 1 is 1.18 bits per heavy atom.